The first-order valence-electron chi connectivity index (χ1n) is 4.97. The van der Waals surface area contributed by atoms with E-state index < -0.39 is 0 Å². The number of imidazole rings is 1. The summed E-state index contributed by atoms with van der Waals surface area (Å²) in [6.07, 6.45) is 6.82. The maximum atomic E-state index is 5.30. The first-order valence-corrected chi connectivity index (χ1v) is 4.97. The highest BCUT2D eigenvalue weighted by molar-refractivity contribution is 5.87. The van der Waals surface area contributed by atoms with Gasteiger partial charge >= 0.3 is 0 Å². The number of furan rings is 1. The van der Waals surface area contributed by atoms with Gasteiger partial charge in [0.25, 0.3) is 0 Å². The fourth-order valence-corrected chi connectivity index (χ4v) is 1.60. The highest BCUT2D eigenvalue weighted by Gasteiger charge is 2.04. The zero-order valence-corrected chi connectivity index (χ0v) is 8.47. The average molecular weight is 214 g/mol. The lowest BCUT2D eigenvalue weighted by molar-refractivity contribution is 0.615. The Bertz CT molecular complexity index is 585. The Morgan fingerprint density at radius 2 is 2.38 bits per heavy atom. The molecule has 0 saturated heterocycles. The Hall–Kier alpha value is -2.30. The molecule has 0 spiro atoms. The van der Waals surface area contributed by atoms with Crippen LogP contribution in [0.25, 0.3) is 11.0 Å². The monoisotopic (exact) mass is 214 g/mol. The minimum Gasteiger partial charge on any atom is -0.464 e. The summed E-state index contributed by atoms with van der Waals surface area (Å²) < 4.78 is 5.30. The molecule has 0 radical (unpaired) electrons. The van der Waals surface area contributed by atoms with Crippen molar-refractivity contribution in [2.45, 2.75) is 6.54 Å². The summed E-state index contributed by atoms with van der Waals surface area (Å²) >= 11 is 0. The number of rotatable bonds is 3. The Labute approximate surface area is 91.5 Å². The van der Waals surface area contributed by atoms with E-state index in [0.717, 1.165) is 22.5 Å². The molecule has 16 heavy (non-hydrogen) atoms. The zero-order valence-electron chi connectivity index (χ0n) is 8.47. The molecule has 3 aromatic rings. The van der Waals surface area contributed by atoms with Crippen LogP contribution in [0.5, 0.6) is 0 Å². The number of fused-ring (bicyclic) bond motifs is 1. The van der Waals surface area contributed by atoms with Gasteiger partial charge in [-0.15, -0.1) is 0 Å². The van der Waals surface area contributed by atoms with Gasteiger partial charge in [0.15, 0.2) is 0 Å². The van der Waals surface area contributed by atoms with E-state index in [-0.39, 0.29) is 0 Å². The van der Waals surface area contributed by atoms with Gasteiger partial charge in [0.1, 0.15) is 11.4 Å². The molecule has 0 aliphatic rings. The molecule has 3 aromatic heterocycles. The normalized spacial score (nSPS) is 10.8. The van der Waals surface area contributed by atoms with Gasteiger partial charge in [-0.25, -0.2) is 9.97 Å². The molecule has 0 atom stereocenters. The van der Waals surface area contributed by atoms with Gasteiger partial charge in [0.2, 0.25) is 0 Å². The van der Waals surface area contributed by atoms with Crippen molar-refractivity contribution < 1.29 is 4.42 Å². The minimum atomic E-state index is 0.664. The molecule has 3 heterocycles. The van der Waals surface area contributed by atoms with E-state index in [2.05, 4.69) is 20.3 Å². The summed E-state index contributed by atoms with van der Waals surface area (Å²) in [6, 6.07) is 3.74. The number of hydrogen-bond donors (Lipinski definition) is 2. The third kappa shape index (κ3) is 1.52. The highest BCUT2D eigenvalue weighted by atomic mass is 16.3. The van der Waals surface area contributed by atoms with Crippen LogP contribution in [-0.4, -0.2) is 15.0 Å². The maximum absolute atomic E-state index is 5.30. The van der Waals surface area contributed by atoms with Gasteiger partial charge in [-0.05, 0) is 12.1 Å². The number of hydrogen-bond acceptors (Lipinski definition) is 4. The van der Waals surface area contributed by atoms with Gasteiger partial charge in [-0.3, -0.25) is 0 Å². The van der Waals surface area contributed by atoms with Crippen LogP contribution in [0.15, 0.2) is 41.5 Å². The molecular weight excluding hydrogens is 204 g/mol. The molecule has 0 bridgehead atoms. The fourth-order valence-electron chi connectivity index (χ4n) is 1.60. The molecule has 5 nitrogen and oxygen atoms in total. The van der Waals surface area contributed by atoms with E-state index in [1.165, 1.54) is 0 Å². The van der Waals surface area contributed by atoms with Crippen molar-refractivity contribution in [3.05, 3.63) is 42.8 Å². The number of H-pyrrole nitrogens is 1. The molecule has 0 fully saturated rings. The Morgan fingerprint density at radius 1 is 1.38 bits per heavy atom. The summed E-state index contributed by atoms with van der Waals surface area (Å²) in [5.41, 5.74) is 1.85. The lowest BCUT2D eigenvalue weighted by atomic mass is 10.3. The Morgan fingerprint density at radius 3 is 3.25 bits per heavy atom. The smallest absolute Gasteiger partial charge is 0.139 e. The van der Waals surface area contributed by atoms with Crippen molar-refractivity contribution in [3.8, 4) is 0 Å². The van der Waals surface area contributed by atoms with Crippen molar-refractivity contribution in [3.63, 3.8) is 0 Å². The van der Waals surface area contributed by atoms with Gasteiger partial charge in [0, 0.05) is 12.4 Å². The molecule has 0 saturated carbocycles. The van der Waals surface area contributed by atoms with Crippen LogP contribution in [0, 0.1) is 0 Å². The zero-order chi connectivity index (χ0) is 10.8. The third-order valence-electron chi connectivity index (χ3n) is 2.38. The predicted octanol–water partition coefficient (Wildman–Crippen LogP) is 2.16. The van der Waals surface area contributed by atoms with Crippen LogP contribution in [0.4, 0.5) is 5.82 Å². The molecule has 5 heteroatoms. The number of pyridine rings is 1. The summed E-state index contributed by atoms with van der Waals surface area (Å²) in [5.74, 6) is 0.820. The van der Waals surface area contributed by atoms with E-state index in [1.807, 2.05) is 12.1 Å². The molecule has 0 unspecified atom stereocenters. The molecule has 0 amide bonds. The maximum Gasteiger partial charge on any atom is 0.139 e. The molecule has 80 valence electrons. The third-order valence-corrected chi connectivity index (χ3v) is 2.38. The van der Waals surface area contributed by atoms with Crippen LogP contribution in [0.2, 0.25) is 0 Å². The topological polar surface area (TPSA) is 66.7 Å². The van der Waals surface area contributed by atoms with Crippen molar-refractivity contribution in [2.75, 3.05) is 5.32 Å². The number of aromatic amines is 1. The lowest BCUT2D eigenvalue weighted by Gasteiger charge is -2.04. The first-order chi connectivity index (χ1) is 7.93. The van der Waals surface area contributed by atoms with E-state index in [1.54, 1.807) is 25.0 Å². The van der Waals surface area contributed by atoms with Crippen LogP contribution in [0.3, 0.4) is 0 Å². The number of nitrogens with one attached hydrogen (secondary N) is 2. The summed E-state index contributed by atoms with van der Waals surface area (Å²) in [5, 5.41) is 4.22. The van der Waals surface area contributed by atoms with Crippen LogP contribution in [0.1, 0.15) is 5.69 Å². The molecular formula is C11H10N4O. The molecule has 0 aromatic carbocycles. The second kappa shape index (κ2) is 3.69. The Balaban J connectivity index is 1.86. The van der Waals surface area contributed by atoms with Crippen molar-refractivity contribution in [1.29, 1.82) is 0 Å². The lowest BCUT2D eigenvalue weighted by Crippen LogP contribution is -2.01. The fraction of sp³-hybridized carbons (Fsp3) is 0.0909. The van der Waals surface area contributed by atoms with E-state index in [9.17, 15) is 0 Å². The molecule has 0 aliphatic heterocycles. The van der Waals surface area contributed by atoms with Crippen molar-refractivity contribution in [2.24, 2.45) is 0 Å². The Kier molecular flexibility index (Phi) is 2.07. The van der Waals surface area contributed by atoms with Crippen LogP contribution in [-0.2, 0) is 6.54 Å². The van der Waals surface area contributed by atoms with E-state index >= 15 is 0 Å². The molecule has 0 aliphatic carbocycles. The minimum absolute atomic E-state index is 0.664. The largest absolute Gasteiger partial charge is 0.464 e. The highest BCUT2D eigenvalue weighted by Crippen LogP contribution is 2.21. The second-order valence-electron chi connectivity index (χ2n) is 3.42. The average Bonchev–Trinajstić information content (AvgIpc) is 2.97. The number of anilines is 1. The summed E-state index contributed by atoms with van der Waals surface area (Å²) in [4.78, 5) is 11.2. The second-order valence-corrected chi connectivity index (χ2v) is 3.42. The molecule has 2 N–H and O–H groups in total. The summed E-state index contributed by atoms with van der Waals surface area (Å²) in [7, 11) is 0. The van der Waals surface area contributed by atoms with Crippen molar-refractivity contribution >= 4 is 16.8 Å². The van der Waals surface area contributed by atoms with Gasteiger partial charge in [-0.1, -0.05) is 0 Å². The van der Waals surface area contributed by atoms with Gasteiger partial charge in [0.05, 0.1) is 30.2 Å². The van der Waals surface area contributed by atoms with E-state index in [4.69, 9.17) is 4.42 Å². The summed E-state index contributed by atoms with van der Waals surface area (Å²) in [6.45, 7) is 0.664. The predicted molar refractivity (Wildman–Crippen MR) is 59.9 cm³/mol. The van der Waals surface area contributed by atoms with Crippen molar-refractivity contribution in [1.82, 2.24) is 15.0 Å². The number of aromatic nitrogens is 3. The molecule has 3 rings (SSSR count). The number of nitrogens with zero attached hydrogens (tertiary/aromatic N) is 2. The SMILES string of the molecule is c1cc2occc2c(NCc2cnc[nH]2)n1. The van der Waals surface area contributed by atoms with E-state index in [0.29, 0.717) is 6.54 Å². The quantitative estimate of drug-likeness (QED) is 0.701. The van der Waals surface area contributed by atoms with Crippen LogP contribution < -0.4 is 5.32 Å². The van der Waals surface area contributed by atoms with Gasteiger partial charge < -0.3 is 14.7 Å². The van der Waals surface area contributed by atoms with Gasteiger partial charge in [-0.2, -0.15) is 0 Å². The standard InChI is InChI=1S/C11H10N4O/c1-3-13-11(9-2-4-16-10(1)9)14-6-8-5-12-7-15-8/h1-5,7H,6H2,(H,12,15)(H,13,14). The van der Waals surface area contributed by atoms with Crippen LogP contribution >= 0.6 is 0 Å². The first kappa shape index (κ1) is 8.96.